The lowest BCUT2D eigenvalue weighted by atomic mass is 10.1. The number of halogens is 3. The quantitative estimate of drug-likeness (QED) is 0.743. The zero-order chi connectivity index (χ0) is 11.6. The van der Waals surface area contributed by atoms with Gasteiger partial charge >= 0.3 is 6.18 Å². The first-order valence-corrected chi connectivity index (χ1v) is 4.51. The molecule has 82 valence electrons. The van der Waals surface area contributed by atoms with E-state index in [9.17, 15) is 13.2 Å². The van der Waals surface area contributed by atoms with E-state index >= 15 is 0 Å². The lowest BCUT2D eigenvalue weighted by molar-refractivity contribution is -0.137. The monoisotopic (exact) mass is 224 g/mol. The fourth-order valence-electron chi connectivity index (χ4n) is 1.30. The van der Waals surface area contributed by atoms with E-state index in [0.717, 1.165) is 12.1 Å². The topological polar surface area (TPSA) is 25.8 Å². The fourth-order valence-corrected chi connectivity index (χ4v) is 1.30. The Morgan fingerprint density at radius 2 is 1.88 bits per heavy atom. The van der Waals surface area contributed by atoms with Crippen molar-refractivity contribution in [2.75, 3.05) is 0 Å². The molecule has 1 heterocycles. The van der Waals surface area contributed by atoms with Crippen molar-refractivity contribution < 1.29 is 13.2 Å². The van der Waals surface area contributed by atoms with E-state index in [1.165, 1.54) is 24.7 Å². The van der Waals surface area contributed by atoms with E-state index in [4.69, 9.17) is 0 Å². The predicted molar refractivity (Wildman–Crippen MR) is 52.5 cm³/mol. The third-order valence-corrected chi connectivity index (χ3v) is 2.05. The van der Waals surface area contributed by atoms with E-state index < -0.39 is 11.7 Å². The third kappa shape index (κ3) is 2.18. The molecule has 2 aromatic rings. The predicted octanol–water partition coefficient (Wildman–Crippen LogP) is 3.16. The molecule has 0 saturated carbocycles. The molecule has 5 heteroatoms. The van der Waals surface area contributed by atoms with Crippen molar-refractivity contribution in [2.24, 2.45) is 0 Å². The van der Waals surface area contributed by atoms with Crippen LogP contribution in [0.25, 0.3) is 11.3 Å². The van der Waals surface area contributed by atoms with E-state index in [1.807, 2.05) is 0 Å². The summed E-state index contributed by atoms with van der Waals surface area (Å²) in [5.74, 6) is 0. The maximum Gasteiger partial charge on any atom is 0.416 e. The highest BCUT2D eigenvalue weighted by molar-refractivity contribution is 5.58. The highest BCUT2D eigenvalue weighted by atomic mass is 19.4. The molecule has 0 unspecified atom stereocenters. The van der Waals surface area contributed by atoms with Crippen LogP contribution in [0.5, 0.6) is 0 Å². The van der Waals surface area contributed by atoms with Gasteiger partial charge in [0, 0.05) is 18.0 Å². The maximum absolute atomic E-state index is 12.4. The Hall–Kier alpha value is -1.91. The van der Waals surface area contributed by atoms with Gasteiger partial charge in [0.15, 0.2) is 0 Å². The van der Waals surface area contributed by atoms with Gasteiger partial charge in [0.2, 0.25) is 0 Å². The average Bonchev–Trinajstić information content (AvgIpc) is 2.29. The lowest BCUT2D eigenvalue weighted by Gasteiger charge is -2.07. The van der Waals surface area contributed by atoms with Gasteiger partial charge in [0.05, 0.1) is 17.5 Å². The van der Waals surface area contributed by atoms with Gasteiger partial charge in [0.25, 0.3) is 0 Å². The average molecular weight is 224 g/mol. The highest BCUT2D eigenvalue weighted by Gasteiger charge is 2.30. The molecule has 0 atom stereocenters. The summed E-state index contributed by atoms with van der Waals surface area (Å²) in [7, 11) is 0. The number of nitrogens with zero attached hydrogens (tertiary/aromatic N) is 2. The van der Waals surface area contributed by atoms with E-state index in [2.05, 4.69) is 9.97 Å². The molecule has 2 nitrogen and oxygen atoms in total. The summed E-state index contributed by atoms with van der Waals surface area (Å²) in [6, 6.07) is 5.01. The second-order valence-electron chi connectivity index (χ2n) is 3.17. The highest BCUT2D eigenvalue weighted by Crippen LogP contribution is 2.31. The number of aromatic nitrogens is 2. The number of hydrogen-bond acceptors (Lipinski definition) is 2. The van der Waals surface area contributed by atoms with Gasteiger partial charge in [-0.1, -0.05) is 12.1 Å². The standard InChI is InChI=1S/C11H7F3N2/c12-11(13,14)9-3-1-2-8(6-9)10-7-15-4-5-16-10/h1-7H. The molecule has 1 aromatic carbocycles. The van der Waals surface area contributed by atoms with Crippen LogP contribution in [0.2, 0.25) is 0 Å². The van der Waals surface area contributed by atoms with Gasteiger partial charge in [-0.05, 0) is 12.1 Å². The van der Waals surface area contributed by atoms with E-state index in [1.54, 1.807) is 6.07 Å². The summed E-state index contributed by atoms with van der Waals surface area (Å²) in [4.78, 5) is 7.75. The Labute approximate surface area is 89.8 Å². The molecule has 0 spiro atoms. The Morgan fingerprint density at radius 1 is 1.06 bits per heavy atom. The van der Waals surface area contributed by atoms with Gasteiger partial charge in [-0.15, -0.1) is 0 Å². The third-order valence-electron chi connectivity index (χ3n) is 2.05. The molecular formula is C11H7F3N2. The second-order valence-corrected chi connectivity index (χ2v) is 3.17. The summed E-state index contributed by atoms with van der Waals surface area (Å²) >= 11 is 0. The van der Waals surface area contributed by atoms with Gasteiger partial charge in [-0.2, -0.15) is 13.2 Å². The zero-order valence-corrected chi connectivity index (χ0v) is 8.07. The Balaban J connectivity index is 2.45. The first kappa shape index (κ1) is 10.6. The minimum Gasteiger partial charge on any atom is -0.261 e. The summed E-state index contributed by atoms with van der Waals surface area (Å²) < 4.78 is 37.3. The molecule has 0 aliphatic rings. The van der Waals surface area contributed by atoms with Crippen LogP contribution in [0.3, 0.4) is 0 Å². The Kier molecular flexibility index (Phi) is 2.60. The smallest absolute Gasteiger partial charge is 0.261 e. The second kappa shape index (κ2) is 3.92. The number of benzene rings is 1. The Bertz CT molecular complexity index is 480. The molecule has 0 amide bonds. The van der Waals surface area contributed by atoms with Crippen LogP contribution >= 0.6 is 0 Å². The Morgan fingerprint density at radius 3 is 2.50 bits per heavy atom. The van der Waals surface area contributed by atoms with Crippen LogP contribution in [0.15, 0.2) is 42.9 Å². The summed E-state index contributed by atoms with van der Waals surface area (Å²) in [6.07, 6.45) is 0.000408. The molecule has 0 fully saturated rings. The lowest BCUT2D eigenvalue weighted by Crippen LogP contribution is -2.04. The maximum atomic E-state index is 12.4. The first-order chi connectivity index (χ1) is 7.57. The molecule has 0 N–H and O–H groups in total. The number of alkyl halides is 3. The van der Waals surface area contributed by atoms with Crippen molar-refractivity contribution in [3.8, 4) is 11.3 Å². The van der Waals surface area contributed by atoms with E-state index in [0.29, 0.717) is 11.3 Å². The molecule has 0 radical (unpaired) electrons. The minimum atomic E-state index is -4.34. The number of hydrogen-bond donors (Lipinski definition) is 0. The molecule has 0 aliphatic carbocycles. The number of rotatable bonds is 1. The van der Waals surface area contributed by atoms with E-state index in [-0.39, 0.29) is 0 Å². The van der Waals surface area contributed by atoms with Crippen molar-refractivity contribution in [3.05, 3.63) is 48.4 Å². The first-order valence-electron chi connectivity index (χ1n) is 4.51. The molecule has 16 heavy (non-hydrogen) atoms. The summed E-state index contributed by atoms with van der Waals surface area (Å²) in [5, 5.41) is 0. The molecule has 1 aromatic heterocycles. The normalized spacial score (nSPS) is 11.4. The summed E-state index contributed by atoms with van der Waals surface area (Å²) in [6.45, 7) is 0. The molecule has 0 saturated heterocycles. The van der Waals surface area contributed by atoms with Crippen LogP contribution in [0.4, 0.5) is 13.2 Å². The van der Waals surface area contributed by atoms with Crippen molar-refractivity contribution >= 4 is 0 Å². The van der Waals surface area contributed by atoms with Gasteiger partial charge in [0.1, 0.15) is 0 Å². The van der Waals surface area contributed by atoms with Crippen molar-refractivity contribution in [1.82, 2.24) is 9.97 Å². The zero-order valence-electron chi connectivity index (χ0n) is 8.07. The molecule has 2 rings (SSSR count). The van der Waals surface area contributed by atoms with Gasteiger partial charge in [-0.25, -0.2) is 0 Å². The van der Waals surface area contributed by atoms with Crippen LogP contribution in [-0.2, 0) is 6.18 Å². The van der Waals surface area contributed by atoms with Crippen molar-refractivity contribution in [3.63, 3.8) is 0 Å². The molecule has 0 bridgehead atoms. The van der Waals surface area contributed by atoms with Gasteiger partial charge in [-0.3, -0.25) is 9.97 Å². The van der Waals surface area contributed by atoms with Crippen LogP contribution in [0, 0.1) is 0 Å². The van der Waals surface area contributed by atoms with Crippen molar-refractivity contribution in [1.29, 1.82) is 0 Å². The van der Waals surface area contributed by atoms with Crippen LogP contribution < -0.4 is 0 Å². The SMILES string of the molecule is FC(F)(F)c1cccc(-c2cnccn2)c1. The summed E-state index contributed by atoms with van der Waals surface area (Å²) in [5.41, 5.74) is 0.146. The van der Waals surface area contributed by atoms with Crippen molar-refractivity contribution in [2.45, 2.75) is 6.18 Å². The van der Waals surface area contributed by atoms with Crippen LogP contribution in [0.1, 0.15) is 5.56 Å². The van der Waals surface area contributed by atoms with Crippen LogP contribution in [-0.4, -0.2) is 9.97 Å². The molecular weight excluding hydrogens is 217 g/mol. The largest absolute Gasteiger partial charge is 0.416 e. The fraction of sp³-hybridized carbons (Fsp3) is 0.0909. The molecule has 0 aliphatic heterocycles. The minimum absolute atomic E-state index is 0.405. The van der Waals surface area contributed by atoms with Gasteiger partial charge < -0.3 is 0 Å².